The van der Waals surface area contributed by atoms with Crippen molar-refractivity contribution in [1.29, 1.82) is 0 Å². The van der Waals surface area contributed by atoms with Crippen LogP contribution < -0.4 is 0 Å². The fraction of sp³-hybridized carbons (Fsp3) is 0.529. The Bertz CT molecular complexity index is 567. The van der Waals surface area contributed by atoms with Gasteiger partial charge in [0.05, 0.1) is 38.0 Å². The minimum atomic E-state index is 0.355. The van der Waals surface area contributed by atoms with Crippen LogP contribution in [0, 0.1) is 5.92 Å². The second-order valence-electron chi connectivity index (χ2n) is 6.31. The van der Waals surface area contributed by atoms with Crippen LogP contribution >= 0.6 is 0 Å². The first-order valence-corrected chi connectivity index (χ1v) is 7.96. The van der Waals surface area contributed by atoms with E-state index in [0.29, 0.717) is 12.0 Å². The van der Waals surface area contributed by atoms with Crippen molar-refractivity contribution in [3.05, 3.63) is 48.3 Å². The minimum Gasteiger partial charge on any atom is -0.472 e. The van der Waals surface area contributed by atoms with Gasteiger partial charge in [0.25, 0.3) is 0 Å². The van der Waals surface area contributed by atoms with E-state index in [2.05, 4.69) is 9.80 Å². The molecule has 5 nitrogen and oxygen atoms in total. The van der Waals surface area contributed by atoms with E-state index in [1.54, 1.807) is 12.5 Å². The molecule has 2 aromatic rings. The molecule has 2 aliphatic heterocycles. The molecule has 4 rings (SSSR count). The molecular weight excluding hydrogens is 280 g/mol. The summed E-state index contributed by atoms with van der Waals surface area (Å²) in [4.78, 5) is 4.92. The molecule has 0 aliphatic carbocycles. The first-order valence-electron chi connectivity index (χ1n) is 7.96. The van der Waals surface area contributed by atoms with Crippen LogP contribution in [0.25, 0.3) is 0 Å². The van der Waals surface area contributed by atoms with Gasteiger partial charge in [0, 0.05) is 44.2 Å². The van der Waals surface area contributed by atoms with E-state index in [1.807, 2.05) is 24.5 Å². The molecule has 0 unspecified atom stereocenters. The summed E-state index contributed by atoms with van der Waals surface area (Å²) in [5, 5.41) is 0. The van der Waals surface area contributed by atoms with E-state index in [0.717, 1.165) is 51.6 Å². The maximum Gasteiger partial charge on any atom is 0.117 e. The molecule has 2 aliphatic rings. The molecule has 2 fully saturated rings. The molecule has 0 aromatic carbocycles. The highest BCUT2D eigenvalue weighted by Crippen LogP contribution is 2.25. The standard InChI is InChI=1S/C17H22N2O3/c1-2-16(21-5-1)11-18-4-7-22-17-12-19(10-15(17)9-18)8-14-3-6-20-13-14/h1-3,5-6,13,15,17H,4,7-12H2/t15-,17+/m0/s1. The molecule has 0 radical (unpaired) electrons. The SMILES string of the molecule is c1coc(CN2CCO[C@@H]3CN(Cc4ccoc4)C[C@@H]3C2)c1. The maximum atomic E-state index is 6.09. The predicted octanol–water partition coefficient (Wildman–Crippen LogP) is 2.21. The molecule has 5 heteroatoms. The van der Waals surface area contributed by atoms with Crippen LogP contribution in [0.2, 0.25) is 0 Å². The summed E-state index contributed by atoms with van der Waals surface area (Å²) in [5.41, 5.74) is 1.24. The van der Waals surface area contributed by atoms with Gasteiger partial charge in [-0.1, -0.05) is 0 Å². The Morgan fingerprint density at radius 2 is 2.00 bits per heavy atom. The molecule has 0 saturated carbocycles. The molecule has 2 saturated heterocycles. The second kappa shape index (κ2) is 6.28. The lowest BCUT2D eigenvalue weighted by Crippen LogP contribution is -2.32. The highest BCUT2D eigenvalue weighted by atomic mass is 16.5. The largest absolute Gasteiger partial charge is 0.472 e. The van der Waals surface area contributed by atoms with E-state index in [-0.39, 0.29) is 0 Å². The summed E-state index contributed by atoms with van der Waals surface area (Å²) >= 11 is 0. The smallest absolute Gasteiger partial charge is 0.117 e. The van der Waals surface area contributed by atoms with Crippen molar-refractivity contribution in [2.45, 2.75) is 19.2 Å². The summed E-state index contributed by atoms with van der Waals surface area (Å²) in [7, 11) is 0. The first-order chi connectivity index (χ1) is 10.9. The Hall–Kier alpha value is -1.56. The predicted molar refractivity (Wildman–Crippen MR) is 81.2 cm³/mol. The number of nitrogens with zero attached hydrogens (tertiary/aromatic N) is 2. The third-order valence-electron chi connectivity index (χ3n) is 4.63. The Kier molecular flexibility index (Phi) is 4.01. The van der Waals surface area contributed by atoms with Gasteiger partial charge < -0.3 is 13.6 Å². The van der Waals surface area contributed by atoms with Crippen molar-refractivity contribution in [2.75, 3.05) is 32.8 Å². The minimum absolute atomic E-state index is 0.355. The molecule has 22 heavy (non-hydrogen) atoms. The zero-order valence-corrected chi connectivity index (χ0v) is 12.7. The number of fused-ring (bicyclic) bond motifs is 1. The van der Waals surface area contributed by atoms with Crippen molar-refractivity contribution in [3.8, 4) is 0 Å². The van der Waals surface area contributed by atoms with Gasteiger partial charge in [-0.15, -0.1) is 0 Å². The van der Waals surface area contributed by atoms with Gasteiger partial charge in [0.1, 0.15) is 5.76 Å². The summed E-state index contributed by atoms with van der Waals surface area (Å²) in [6, 6.07) is 6.04. The third kappa shape index (κ3) is 3.11. The van der Waals surface area contributed by atoms with Crippen LogP contribution in [0.5, 0.6) is 0 Å². The molecule has 4 heterocycles. The van der Waals surface area contributed by atoms with Crippen molar-refractivity contribution < 1.29 is 13.6 Å². The highest BCUT2D eigenvalue weighted by molar-refractivity contribution is 5.06. The number of rotatable bonds is 4. The molecule has 0 amide bonds. The molecule has 118 valence electrons. The van der Waals surface area contributed by atoms with Crippen LogP contribution in [0.1, 0.15) is 11.3 Å². The Labute approximate surface area is 130 Å². The fourth-order valence-corrected chi connectivity index (χ4v) is 3.58. The zero-order chi connectivity index (χ0) is 14.8. The van der Waals surface area contributed by atoms with Crippen molar-refractivity contribution in [3.63, 3.8) is 0 Å². The van der Waals surface area contributed by atoms with Crippen molar-refractivity contribution in [1.82, 2.24) is 9.80 Å². The van der Waals surface area contributed by atoms with Gasteiger partial charge >= 0.3 is 0 Å². The topological polar surface area (TPSA) is 42.0 Å². The molecule has 0 N–H and O–H groups in total. The second-order valence-corrected chi connectivity index (χ2v) is 6.31. The first kappa shape index (κ1) is 14.1. The highest BCUT2D eigenvalue weighted by Gasteiger charge is 2.36. The lowest BCUT2D eigenvalue weighted by atomic mass is 10.1. The summed E-state index contributed by atoms with van der Waals surface area (Å²) in [5.74, 6) is 1.61. The normalized spacial score (nSPS) is 26.9. The Morgan fingerprint density at radius 3 is 2.82 bits per heavy atom. The van der Waals surface area contributed by atoms with Gasteiger partial charge in [-0.3, -0.25) is 9.80 Å². The van der Waals surface area contributed by atoms with Gasteiger partial charge in [-0.05, 0) is 18.2 Å². The summed E-state index contributed by atoms with van der Waals surface area (Å²) in [6.45, 7) is 6.80. The lowest BCUT2D eigenvalue weighted by molar-refractivity contribution is 0.0509. The van der Waals surface area contributed by atoms with Crippen LogP contribution in [0.4, 0.5) is 0 Å². The number of ether oxygens (including phenoxy) is 1. The number of furan rings is 2. The molecule has 0 bridgehead atoms. The maximum absolute atomic E-state index is 6.09. The Morgan fingerprint density at radius 1 is 1.05 bits per heavy atom. The van der Waals surface area contributed by atoms with E-state index in [1.165, 1.54) is 5.56 Å². The molecule has 0 spiro atoms. The average molecular weight is 302 g/mol. The summed E-state index contributed by atoms with van der Waals surface area (Å²) < 4.78 is 16.7. The number of hydrogen-bond donors (Lipinski definition) is 0. The number of likely N-dealkylation sites (tertiary alicyclic amines) is 1. The molecule has 2 aromatic heterocycles. The van der Waals surface area contributed by atoms with Gasteiger partial charge in [-0.25, -0.2) is 0 Å². The monoisotopic (exact) mass is 302 g/mol. The lowest BCUT2D eigenvalue weighted by Gasteiger charge is -2.22. The summed E-state index contributed by atoms with van der Waals surface area (Å²) in [6.07, 6.45) is 5.67. The molecular formula is C17H22N2O3. The van der Waals surface area contributed by atoms with E-state index in [4.69, 9.17) is 13.6 Å². The van der Waals surface area contributed by atoms with Crippen LogP contribution in [0.15, 0.2) is 45.8 Å². The van der Waals surface area contributed by atoms with E-state index < -0.39 is 0 Å². The van der Waals surface area contributed by atoms with E-state index >= 15 is 0 Å². The van der Waals surface area contributed by atoms with E-state index in [9.17, 15) is 0 Å². The van der Waals surface area contributed by atoms with Crippen LogP contribution in [-0.2, 0) is 17.8 Å². The molecule has 2 atom stereocenters. The van der Waals surface area contributed by atoms with Crippen molar-refractivity contribution in [2.24, 2.45) is 5.92 Å². The van der Waals surface area contributed by atoms with Crippen LogP contribution in [0.3, 0.4) is 0 Å². The Balaban J connectivity index is 1.36. The van der Waals surface area contributed by atoms with Crippen LogP contribution in [-0.4, -0.2) is 48.7 Å². The van der Waals surface area contributed by atoms with Gasteiger partial charge in [0.15, 0.2) is 0 Å². The fourth-order valence-electron chi connectivity index (χ4n) is 3.58. The van der Waals surface area contributed by atoms with Gasteiger partial charge in [-0.2, -0.15) is 0 Å². The zero-order valence-electron chi connectivity index (χ0n) is 12.7. The average Bonchev–Trinajstić information content (AvgIpc) is 3.22. The quantitative estimate of drug-likeness (QED) is 0.866. The van der Waals surface area contributed by atoms with Gasteiger partial charge in [0.2, 0.25) is 0 Å². The number of hydrogen-bond acceptors (Lipinski definition) is 5. The van der Waals surface area contributed by atoms with Crippen molar-refractivity contribution >= 4 is 0 Å². The third-order valence-corrected chi connectivity index (χ3v) is 4.63.